The van der Waals surface area contributed by atoms with Crippen LogP contribution in [-0.4, -0.2) is 5.78 Å². The zero-order chi connectivity index (χ0) is 13.7. The molecular weight excluding hydrogens is 232 g/mol. The predicted octanol–water partition coefficient (Wildman–Crippen LogP) is 4.63. The summed E-state index contributed by atoms with van der Waals surface area (Å²) >= 11 is 0. The van der Waals surface area contributed by atoms with Crippen molar-refractivity contribution in [3.63, 3.8) is 0 Å². The van der Waals surface area contributed by atoms with Crippen molar-refractivity contribution in [2.75, 3.05) is 0 Å². The number of carbonyl (C=O) groups is 1. The molecule has 0 heterocycles. The maximum Gasteiger partial charge on any atom is 0.163 e. The second kappa shape index (κ2) is 6.33. The Morgan fingerprint density at radius 1 is 1.00 bits per heavy atom. The molecule has 0 aliphatic rings. The van der Waals surface area contributed by atoms with Crippen molar-refractivity contribution < 1.29 is 4.79 Å². The second-order valence-corrected chi connectivity index (χ2v) is 4.99. The summed E-state index contributed by atoms with van der Waals surface area (Å²) in [6.45, 7) is 4.22. The number of rotatable bonds is 5. The molecule has 98 valence electrons. The lowest BCUT2D eigenvalue weighted by Crippen LogP contribution is -2.05. The van der Waals surface area contributed by atoms with Crippen molar-refractivity contribution in [2.24, 2.45) is 0 Å². The first kappa shape index (κ1) is 13.5. The summed E-state index contributed by atoms with van der Waals surface area (Å²) in [5, 5.41) is 0. The molecule has 0 amide bonds. The van der Waals surface area contributed by atoms with Gasteiger partial charge < -0.3 is 0 Å². The standard InChI is InChI=1S/C18H20O/c1-3-15-9-11-17(12-10-15)18(19)13-14(2)16-7-5-4-6-8-16/h4-12,14H,3,13H2,1-2H3. The van der Waals surface area contributed by atoms with E-state index in [-0.39, 0.29) is 11.7 Å². The lowest BCUT2D eigenvalue weighted by Gasteiger charge is -2.11. The Bertz CT molecular complexity index is 525. The van der Waals surface area contributed by atoms with Crippen molar-refractivity contribution in [2.45, 2.75) is 32.6 Å². The van der Waals surface area contributed by atoms with Gasteiger partial charge in [0.1, 0.15) is 0 Å². The monoisotopic (exact) mass is 252 g/mol. The highest BCUT2D eigenvalue weighted by molar-refractivity contribution is 5.96. The van der Waals surface area contributed by atoms with Crippen LogP contribution in [0.5, 0.6) is 0 Å². The Labute approximate surface area is 115 Å². The van der Waals surface area contributed by atoms with Crippen LogP contribution < -0.4 is 0 Å². The highest BCUT2D eigenvalue weighted by Gasteiger charge is 2.12. The van der Waals surface area contributed by atoms with Crippen LogP contribution in [0, 0.1) is 0 Å². The molecule has 19 heavy (non-hydrogen) atoms. The maximum atomic E-state index is 12.2. The minimum Gasteiger partial charge on any atom is -0.294 e. The minimum absolute atomic E-state index is 0.221. The van der Waals surface area contributed by atoms with Crippen molar-refractivity contribution in [1.82, 2.24) is 0 Å². The topological polar surface area (TPSA) is 17.1 Å². The van der Waals surface area contributed by atoms with Gasteiger partial charge in [-0.3, -0.25) is 4.79 Å². The zero-order valence-corrected chi connectivity index (χ0v) is 11.6. The molecule has 2 aromatic rings. The van der Waals surface area contributed by atoms with E-state index >= 15 is 0 Å². The molecule has 0 aliphatic heterocycles. The smallest absolute Gasteiger partial charge is 0.163 e. The molecule has 1 atom stereocenters. The molecule has 1 heteroatoms. The van der Waals surface area contributed by atoms with Gasteiger partial charge in [0, 0.05) is 12.0 Å². The SMILES string of the molecule is CCc1ccc(C(=O)CC(C)c2ccccc2)cc1. The van der Waals surface area contributed by atoms with E-state index in [0.717, 1.165) is 12.0 Å². The highest BCUT2D eigenvalue weighted by Crippen LogP contribution is 2.21. The molecular formula is C18H20O. The van der Waals surface area contributed by atoms with E-state index in [2.05, 4.69) is 26.0 Å². The van der Waals surface area contributed by atoms with Crippen molar-refractivity contribution in [1.29, 1.82) is 0 Å². The van der Waals surface area contributed by atoms with Gasteiger partial charge >= 0.3 is 0 Å². The van der Waals surface area contributed by atoms with Gasteiger partial charge in [-0.05, 0) is 23.5 Å². The fraction of sp³-hybridized carbons (Fsp3) is 0.278. The molecule has 0 saturated carbocycles. The Hall–Kier alpha value is -1.89. The van der Waals surface area contributed by atoms with Crippen LogP contribution in [0.1, 0.15) is 47.7 Å². The molecule has 0 radical (unpaired) electrons. The molecule has 1 unspecified atom stereocenters. The van der Waals surface area contributed by atoms with E-state index < -0.39 is 0 Å². The largest absolute Gasteiger partial charge is 0.294 e. The molecule has 0 spiro atoms. The zero-order valence-electron chi connectivity index (χ0n) is 11.6. The van der Waals surface area contributed by atoms with E-state index in [1.54, 1.807) is 0 Å². The van der Waals surface area contributed by atoms with E-state index in [4.69, 9.17) is 0 Å². The number of aryl methyl sites for hydroxylation is 1. The number of ketones is 1. The van der Waals surface area contributed by atoms with Crippen LogP contribution in [0.2, 0.25) is 0 Å². The average molecular weight is 252 g/mol. The highest BCUT2D eigenvalue weighted by atomic mass is 16.1. The van der Waals surface area contributed by atoms with Gasteiger partial charge in [-0.2, -0.15) is 0 Å². The summed E-state index contributed by atoms with van der Waals surface area (Å²) in [5.41, 5.74) is 3.31. The van der Waals surface area contributed by atoms with Crippen LogP contribution in [0.25, 0.3) is 0 Å². The number of Topliss-reactive ketones (excluding diaryl/α,β-unsaturated/α-hetero) is 1. The normalized spacial score (nSPS) is 12.1. The van der Waals surface area contributed by atoms with Crippen LogP contribution in [0.15, 0.2) is 54.6 Å². The van der Waals surface area contributed by atoms with Crippen LogP contribution in [0.3, 0.4) is 0 Å². The first-order chi connectivity index (χ1) is 9.20. The third kappa shape index (κ3) is 3.54. The maximum absolute atomic E-state index is 12.2. The van der Waals surface area contributed by atoms with E-state index in [0.29, 0.717) is 6.42 Å². The molecule has 2 aromatic carbocycles. The predicted molar refractivity (Wildman–Crippen MR) is 79.6 cm³/mol. The number of hydrogen-bond acceptors (Lipinski definition) is 1. The molecule has 2 rings (SSSR count). The number of carbonyl (C=O) groups excluding carboxylic acids is 1. The van der Waals surface area contributed by atoms with Crippen molar-refractivity contribution in [3.8, 4) is 0 Å². The Balaban J connectivity index is 2.04. The van der Waals surface area contributed by atoms with Gasteiger partial charge in [0.2, 0.25) is 0 Å². The quantitative estimate of drug-likeness (QED) is 0.709. The number of hydrogen-bond donors (Lipinski definition) is 0. The molecule has 1 nitrogen and oxygen atoms in total. The Morgan fingerprint density at radius 2 is 1.63 bits per heavy atom. The number of benzene rings is 2. The van der Waals surface area contributed by atoms with Crippen LogP contribution in [0.4, 0.5) is 0 Å². The van der Waals surface area contributed by atoms with E-state index in [1.807, 2.05) is 42.5 Å². The molecule has 0 N–H and O–H groups in total. The summed E-state index contributed by atoms with van der Waals surface area (Å²) in [7, 11) is 0. The Kier molecular flexibility index (Phi) is 4.51. The van der Waals surface area contributed by atoms with E-state index in [1.165, 1.54) is 11.1 Å². The lowest BCUT2D eigenvalue weighted by molar-refractivity contribution is 0.0975. The third-order valence-electron chi connectivity index (χ3n) is 3.54. The fourth-order valence-electron chi connectivity index (χ4n) is 2.22. The summed E-state index contributed by atoms with van der Waals surface area (Å²) in [4.78, 5) is 12.2. The van der Waals surface area contributed by atoms with Crippen molar-refractivity contribution >= 4 is 5.78 Å². The average Bonchev–Trinajstić information content (AvgIpc) is 2.48. The molecule has 0 aromatic heterocycles. The van der Waals surface area contributed by atoms with Gasteiger partial charge in [0.15, 0.2) is 5.78 Å². The third-order valence-corrected chi connectivity index (χ3v) is 3.54. The molecule has 0 bridgehead atoms. The summed E-state index contributed by atoms with van der Waals surface area (Å²) < 4.78 is 0. The van der Waals surface area contributed by atoms with Crippen LogP contribution >= 0.6 is 0 Å². The molecule has 0 aliphatic carbocycles. The van der Waals surface area contributed by atoms with Gasteiger partial charge in [0.05, 0.1) is 0 Å². The van der Waals surface area contributed by atoms with Crippen molar-refractivity contribution in [3.05, 3.63) is 71.3 Å². The molecule has 0 fully saturated rings. The first-order valence-corrected chi connectivity index (χ1v) is 6.87. The van der Waals surface area contributed by atoms with Crippen LogP contribution in [-0.2, 0) is 6.42 Å². The Morgan fingerprint density at radius 3 is 2.21 bits per heavy atom. The molecule has 0 saturated heterocycles. The van der Waals surface area contributed by atoms with E-state index in [9.17, 15) is 4.79 Å². The van der Waals surface area contributed by atoms with Gasteiger partial charge in [-0.1, -0.05) is 68.4 Å². The van der Waals surface area contributed by atoms with Gasteiger partial charge in [-0.25, -0.2) is 0 Å². The summed E-state index contributed by atoms with van der Waals surface area (Å²) in [5.74, 6) is 0.485. The minimum atomic E-state index is 0.221. The summed E-state index contributed by atoms with van der Waals surface area (Å²) in [6.07, 6.45) is 1.57. The second-order valence-electron chi connectivity index (χ2n) is 4.99. The summed E-state index contributed by atoms with van der Waals surface area (Å²) in [6, 6.07) is 18.2. The first-order valence-electron chi connectivity index (χ1n) is 6.87. The van der Waals surface area contributed by atoms with Gasteiger partial charge in [-0.15, -0.1) is 0 Å². The fourth-order valence-corrected chi connectivity index (χ4v) is 2.22. The lowest BCUT2D eigenvalue weighted by atomic mass is 9.93. The van der Waals surface area contributed by atoms with Gasteiger partial charge in [0.25, 0.3) is 0 Å².